The molecule has 15 heavy (non-hydrogen) atoms. The molecule has 0 fully saturated rings. The summed E-state index contributed by atoms with van der Waals surface area (Å²) in [5, 5.41) is 4.97. The van der Waals surface area contributed by atoms with E-state index < -0.39 is 11.9 Å². The van der Waals surface area contributed by atoms with E-state index in [4.69, 9.17) is 5.73 Å². The van der Waals surface area contributed by atoms with Crippen LogP contribution in [0.5, 0.6) is 0 Å². The summed E-state index contributed by atoms with van der Waals surface area (Å²) < 4.78 is 0. The van der Waals surface area contributed by atoms with Gasteiger partial charge in [-0.1, -0.05) is 0 Å². The number of hydrogen-bond donors (Lipinski definition) is 3. The highest BCUT2D eigenvalue weighted by molar-refractivity contribution is 7.99. The van der Waals surface area contributed by atoms with Crippen LogP contribution in [0, 0.1) is 0 Å². The third kappa shape index (κ3) is 7.80. The second-order valence-electron chi connectivity index (χ2n) is 2.90. The fourth-order valence-electron chi connectivity index (χ4n) is 0.770. The van der Waals surface area contributed by atoms with Crippen molar-refractivity contribution >= 4 is 29.5 Å². The van der Waals surface area contributed by atoms with Crippen molar-refractivity contribution in [3.05, 3.63) is 0 Å². The Labute approximate surface area is 92.3 Å². The van der Waals surface area contributed by atoms with E-state index in [1.807, 2.05) is 0 Å². The highest BCUT2D eigenvalue weighted by atomic mass is 32.2. The van der Waals surface area contributed by atoms with Crippen LogP contribution in [0.4, 0.5) is 0 Å². The van der Waals surface area contributed by atoms with Gasteiger partial charge >= 0.3 is 0 Å². The van der Waals surface area contributed by atoms with Crippen molar-refractivity contribution in [3.8, 4) is 0 Å². The zero-order valence-corrected chi connectivity index (χ0v) is 9.52. The summed E-state index contributed by atoms with van der Waals surface area (Å²) in [6.07, 6.45) is 0. The molecule has 3 amide bonds. The fourth-order valence-corrected chi connectivity index (χ4v) is 1.68. The number of thioether (sulfide) groups is 1. The highest BCUT2D eigenvalue weighted by Gasteiger charge is 2.15. The van der Waals surface area contributed by atoms with Crippen molar-refractivity contribution in [3.63, 3.8) is 0 Å². The second-order valence-corrected chi connectivity index (χ2v) is 3.93. The normalized spacial score (nSPS) is 11.6. The Morgan fingerprint density at radius 2 is 1.87 bits per heavy atom. The van der Waals surface area contributed by atoms with Gasteiger partial charge in [0.25, 0.3) is 0 Å². The van der Waals surface area contributed by atoms with Crippen LogP contribution in [-0.2, 0) is 14.4 Å². The zero-order chi connectivity index (χ0) is 11.8. The van der Waals surface area contributed by atoms with Gasteiger partial charge in [0.1, 0.15) is 6.04 Å². The van der Waals surface area contributed by atoms with Crippen LogP contribution in [0.15, 0.2) is 0 Å². The largest absolute Gasteiger partial charge is 0.368 e. The summed E-state index contributed by atoms with van der Waals surface area (Å²) >= 11 is 1.31. The zero-order valence-electron chi connectivity index (χ0n) is 8.70. The summed E-state index contributed by atoms with van der Waals surface area (Å²) in [4.78, 5) is 32.1. The third-order valence-corrected chi connectivity index (χ3v) is 2.35. The Morgan fingerprint density at radius 1 is 1.27 bits per heavy atom. The minimum atomic E-state index is -0.693. The molecule has 0 rings (SSSR count). The molecule has 0 aromatic rings. The number of carbonyl (C=O) groups excluding carboxylic acids is 3. The number of carbonyl (C=O) groups is 3. The molecule has 1 atom stereocenters. The Balaban J connectivity index is 3.81. The average Bonchev–Trinajstić information content (AvgIpc) is 2.08. The lowest BCUT2D eigenvalue weighted by Crippen LogP contribution is -2.45. The Bertz CT molecular complexity index is 258. The molecule has 0 aromatic carbocycles. The van der Waals surface area contributed by atoms with Crippen LogP contribution < -0.4 is 16.4 Å². The van der Waals surface area contributed by atoms with E-state index in [2.05, 4.69) is 10.6 Å². The van der Waals surface area contributed by atoms with Gasteiger partial charge in [0.05, 0.1) is 5.88 Å². The van der Waals surface area contributed by atoms with E-state index in [1.165, 1.54) is 25.6 Å². The molecule has 0 spiro atoms. The molecule has 0 unspecified atom stereocenters. The van der Waals surface area contributed by atoms with Crippen molar-refractivity contribution in [1.29, 1.82) is 0 Å². The second kappa shape index (κ2) is 7.10. The first-order chi connectivity index (χ1) is 6.93. The topological polar surface area (TPSA) is 101 Å². The van der Waals surface area contributed by atoms with Gasteiger partial charge in [-0.2, -0.15) is 0 Å². The minimum Gasteiger partial charge on any atom is -0.368 e. The van der Waals surface area contributed by atoms with Gasteiger partial charge in [-0.25, -0.2) is 0 Å². The Morgan fingerprint density at radius 3 is 2.27 bits per heavy atom. The average molecular weight is 233 g/mol. The maximum Gasteiger partial charge on any atom is 0.240 e. The number of rotatable bonds is 6. The molecule has 0 heterocycles. The molecular formula is C8H15N3O3S. The van der Waals surface area contributed by atoms with Crippen molar-refractivity contribution in [2.75, 3.05) is 11.6 Å². The number of primary amides is 1. The van der Waals surface area contributed by atoms with Crippen molar-refractivity contribution in [2.45, 2.75) is 19.9 Å². The smallest absolute Gasteiger partial charge is 0.240 e. The van der Waals surface area contributed by atoms with Gasteiger partial charge < -0.3 is 16.4 Å². The van der Waals surface area contributed by atoms with Gasteiger partial charge in [-0.15, -0.1) is 11.8 Å². The van der Waals surface area contributed by atoms with Gasteiger partial charge in [-0.05, 0) is 0 Å². The van der Waals surface area contributed by atoms with Crippen LogP contribution in [0.1, 0.15) is 13.8 Å². The lowest BCUT2D eigenvalue weighted by molar-refractivity contribution is -0.125. The maximum absolute atomic E-state index is 10.9. The van der Waals surface area contributed by atoms with E-state index >= 15 is 0 Å². The maximum atomic E-state index is 10.9. The molecule has 0 bridgehead atoms. The van der Waals surface area contributed by atoms with Crippen molar-refractivity contribution in [2.24, 2.45) is 5.73 Å². The lowest BCUT2D eigenvalue weighted by Gasteiger charge is -2.13. The number of nitrogens with one attached hydrogen (secondary N) is 2. The molecule has 0 saturated heterocycles. The first-order valence-electron chi connectivity index (χ1n) is 4.32. The molecular weight excluding hydrogens is 218 g/mol. The number of hydrogen-bond acceptors (Lipinski definition) is 4. The summed E-state index contributed by atoms with van der Waals surface area (Å²) in [6.45, 7) is 2.72. The summed E-state index contributed by atoms with van der Waals surface area (Å²) in [5.74, 6) is -0.300. The van der Waals surface area contributed by atoms with Gasteiger partial charge in [0.15, 0.2) is 0 Å². The van der Waals surface area contributed by atoms with Crippen LogP contribution in [0.2, 0.25) is 0 Å². The third-order valence-electron chi connectivity index (χ3n) is 1.43. The van der Waals surface area contributed by atoms with Crippen LogP contribution in [0.25, 0.3) is 0 Å². The van der Waals surface area contributed by atoms with Crippen LogP contribution in [0.3, 0.4) is 0 Å². The minimum absolute atomic E-state index is 0.141. The Kier molecular flexibility index (Phi) is 6.52. The molecule has 86 valence electrons. The van der Waals surface area contributed by atoms with E-state index in [0.29, 0.717) is 11.6 Å². The van der Waals surface area contributed by atoms with Crippen LogP contribution >= 0.6 is 11.8 Å². The quantitative estimate of drug-likeness (QED) is 0.396. The van der Waals surface area contributed by atoms with Crippen molar-refractivity contribution < 1.29 is 14.4 Å². The monoisotopic (exact) mass is 233 g/mol. The number of nitrogens with two attached hydrogens (primary N) is 1. The van der Waals surface area contributed by atoms with E-state index in [-0.39, 0.29) is 11.8 Å². The summed E-state index contributed by atoms with van der Waals surface area (Å²) in [5.41, 5.74) is 5.07. The molecule has 0 saturated carbocycles. The lowest BCUT2D eigenvalue weighted by atomic mass is 10.3. The molecule has 0 aliphatic rings. The Hall–Kier alpha value is -1.24. The molecule has 7 heteroatoms. The SMILES string of the molecule is CC(=O)NCSC[C@H](NC(C)=O)C(N)=O. The number of amides is 3. The van der Waals surface area contributed by atoms with Gasteiger partial charge in [-0.3, -0.25) is 14.4 Å². The van der Waals surface area contributed by atoms with E-state index in [1.54, 1.807) is 0 Å². The molecule has 0 radical (unpaired) electrons. The predicted molar refractivity (Wildman–Crippen MR) is 57.9 cm³/mol. The van der Waals surface area contributed by atoms with Gasteiger partial charge in [0.2, 0.25) is 17.7 Å². The molecule has 0 aliphatic heterocycles. The molecule has 0 aliphatic carbocycles. The standard InChI is InChI=1S/C8H15N3O3S/c1-5(12)10-4-15-3-7(8(9)14)11-6(2)13/h7H,3-4H2,1-2H3,(H2,9,14)(H,10,12)(H,11,13)/t7-/m0/s1. The van der Waals surface area contributed by atoms with E-state index in [9.17, 15) is 14.4 Å². The van der Waals surface area contributed by atoms with Crippen LogP contribution in [-0.4, -0.2) is 35.4 Å². The summed E-state index contributed by atoms with van der Waals surface area (Å²) in [6, 6.07) is -0.693. The summed E-state index contributed by atoms with van der Waals surface area (Å²) in [7, 11) is 0. The fraction of sp³-hybridized carbons (Fsp3) is 0.625. The first-order valence-corrected chi connectivity index (χ1v) is 5.47. The highest BCUT2D eigenvalue weighted by Crippen LogP contribution is 2.00. The van der Waals surface area contributed by atoms with Gasteiger partial charge in [0, 0.05) is 19.6 Å². The first kappa shape index (κ1) is 13.8. The predicted octanol–water partition coefficient (Wildman–Crippen LogP) is -1.20. The molecule has 0 aromatic heterocycles. The molecule has 4 N–H and O–H groups in total. The van der Waals surface area contributed by atoms with E-state index in [0.717, 1.165) is 0 Å². The van der Waals surface area contributed by atoms with Crippen molar-refractivity contribution in [1.82, 2.24) is 10.6 Å². The molecule has 6 nitrogen and oxygen atoms in total.